The minimum atomic E-state index is -0.425. The van der Waals surface area contributed by atoms with Crippen molar-refractivity contribution < 1.29 is 13.9 Å². The van der Waals surface area contributed by atoms with Gasteiger partial charge in [-0.3, -0.25) is 0 Å². The van der Waals surface area contributed by atoms with Crippen LogP contribution in [-0.4, -0.2) is 61.7 Å². The van der Waals surface area contributed by atoms with Gasteiger partial charge in [-0.25, -0.2) is 19.4 Å². The molecule has 0 bridgehead atoms. The van der Waals surface area contributed by atoms with E-state index < -0.39 is 5.82 Å². The molecule has 2 fully saturated rings. The smallest absolute Gasteiger partial charge is 0.152 e. The number of aromatic nitrogens is 2. The lowest BCUT2D eigenvalue weighted by Gasteiger charge is -2.24. The molecule has 0 spiro atoms. The van der Waals surface area contributed by atoms with Crippen molar-refractivity contribution >= 4 is 28.9 Å². The summed E-state index contributed by atoms with van der Waals surface area (Å²) in [7, 11) is 1.71. The summed E-state index contributed by atoms with van der Waals surface area (Å²) in [5, 5.41) is 7.20. The van der Waals surface area contributed by atoms with Gasteiger partial charge < -0.3 is 20.1 Å². The van der Waals surface area contributed by atoms with Crippen LogP contribution >= 0.6 is 11.6 Å². The van der Waals surface area contributed by atoms with E-state index in [0.29, 0.717) is 40.8 Å². The van der Waals surface area contributed by atoms with Crippen LogP contribution in [0.3, 0.4) is 0 Å². The highest BCUT2D eigenvalue weighted by molar-refractivity contribution is 6.33. The van der Waals surface area contributed by atoms with Gasteiger partial charge in [0.2, 0.25) is 0 Å². The topological polar surface area (TPSA) is 80.7 Å². The Balaban J connectivity index is 1.44. The van der Waals surface area contributed by atoms with Gasteiger partial charge in [-0.15, -0.1) is 0 Å². The predicted octanol–water partition coefficient (Wildman–Crippen LogP) is 5.03. The van der Waals surface area contributed by atoms with Crippen LogP contribution in [0.15, 0.2) is 29.4 Å². The molecule has 2 aromatic heterocycles. The van der Waals surface area contributed by atoms with Crippen LogP contribution in [0.1, 0.15) is 38.5 Å². The maximum atomic E-state index is 14.8. The van der Waals surface area contributed by atoms with Crippen LogP contribution in [-0.2, 0) is 9.47 Å². The first-order valence-corrected chi connectivity index (χ1v) is 12.4. The first-order chi connectivity index (χ1) is 16.6. The maximum Gasteiger partial charge on any atom is 0.152 e. The molecule has 0 aromatic carbocycles. The van der Waals surface area contributed by atoms with Gasteiger partial charge in [0.25, 0.3) is 0 Å². The normalized spacial score (nSPS) is 19.3. The summed E-state index contributed by atoms with van der Waals surface area (Å²) in [6, 6.07) is 5.30. The number of ether oxygens (including phenoxy) is 2. The summed E-state index contributed by atoms with van der Waals surface area (Å²) in [5.41, 5.74) is 1.81. The van der Waals surface area contributed by atoms with Crippen LogP contribution < -0.4 is 10.6 Å². The molecular formula is C25H33ClFN5O2. The predicted molar refractivity (Wildman–Crippen MR) is 134 cm³/mol. The Morgan fingerprint density at radius 1 is 1.21 bits per heavy atom. The molecule has 0 atom stereocenters. The first kappa shape index (κ1) is 25.0. The van der Waals surface area contributed by atoms with E-state index in [1.54, 1.807) is 19.2 Å². The molecule has 2 aromatic rings. The summed E-state index contributed by atoms with van der Waals surface area (Å²) in [4.78, 5) is 13.6. The summed E-state index contributed by atoms with van der Waals surface area (Å²) in [6.45, 7) is 3.93. The van der Waals surface area contributed by atoms with E-state index in [1.807, 2.05) is 0 Å². The third-order valence-electron chi connectivity index (χ3n) is 6.43. The number of anilines is 1. The van der Waals surface area contributed by atoms with E-state index in [9.17, 15) is 4.39 Å². The molecular weight excluding hydrogens is 457 g/mol. The largest absolute Gasteiger partial charge is 0.383 e. The highest BCUT2D eigenvalue weighted by Crippen LogP contribution is 2.32. The Labute approximate surface area is 205 Å². The highest BCUT2D eigenvalue weighted by Gasteiger charge is 2.19. The van der Waals surface area contributed by atoms with Gasteiger partial charge in [0.15, 0.2) is 5.82 Å². The van der Waals surface area contributed by atoms with E-state index >= 15 is 0 Å². The van der Waals surface area contributed by atoms with Gasteiger partial charge in [-0.05, 0) is 62.6 Å². The van der Waals surface area contributed by atoms with Gasteiger partial charge in [-0.2, -0.15) is 0 Å². The van der Waals surface area contributed by atoms with Crippen molar-refractivity contribution in [1.82, 2.24) is 15.3 Å². The molecule has 7 nitrogen and oxygen atoms in total. The average Bonchev–Trinajstić information content (AvgIpc) is 2.87. The summed E-state index contributed by atoms with van der Waals surface area (Å²) >= 11 is 6.41. The summed E-state index contributed by atoms with van der Waals surface area (Å²) in [5.74, 6) is 1.26. The zero-order valence-corrected chi connectivity index (χ0v) is 20.4. The van der Waals surface area contributed by atoms with Crippen molar-refractivity contribution in [1.29, 1.82) is 0 Å². The van der Waals surface area contributed by atoms with Crippen LogP contribution in [0.25, 0.3) is 11.3 Å². The lowest BCUT2D eigenvalue weighted by molar-refractivity contribution is 0.0699. The number of nitrogens with zero attached hydrogens (tertiary/aromatic N) is 3. The quantitative estimate of drug-likeness (QED) is 0.481. The zero-order valence-electron chi connectivity index (χ0n) is 19.7. The molecule has 0 radical (unpaired) electrons. The second-order valence-corrected chi connectivity index (χ2v) is 9.29. The molecule has 1 saturated carbocycles. The van der Waals surface area contributed by atoms with Gasteiger partial charge in [0, 0.05) is 56.9 Å². The SMILES string of the molecule is COCCNC1CCC(=Nc2cc(-c3nc(NCC4CCOCC4)ccc3F)c(Cl)cn2)CC1. The van der Waals surface area contributed by atoms with Crippen LogP contribution in [0.5, 0.6) is 0 Å². The fourth-order valence-electron chi connectivity index (χ4n) is 4.39. The minimum Gasteiger partial charge on any atom is -0.383 e. The number of rotatable bonds is 9. The lowest BCUT2D eigenvalue weighted by atomic mass is 9.93. The van der Waals surface area contributed by atoms with Gasteiger partial charge in [-0.1, -0.05) is 11.6 Å². The molecule has 1 aliphatic carbocycles. The van der Waals surface area contributed by atoms with Crippen molar-refractivity contribution in [2.45, 2.75) is 44.6 Å². The lowest BCUT2D eigenvalue weighted by Crippen LogP contribution is -2.35. The Kier molecular flexibility index (Phi) is 9.21. The van der Waals surface area contributed by atoms with Crippen LogP contribution in [0, 0.1) is 11.7 Å². The molecule has 0 unspecified atom stereocenters. The third kappa shape index (κ3) is 6.95. The number of hydrogen-bond acceptors (Lipinski definition) is 7. The molecule has 0 amide bonds. The second-order valence-electron chi connectivity index (χ2n) is 8.89. The van der Waals surface area contributed by atoms with Crippen LogP contribution in [0.2, 0.25) is 5.02 Å². The van der Waals surface area contributed by atoms with E-state index in [2.05, 4.69) is 20.6 Å². The molecule has 34 heavy (non-hydrogen) atoms. The Morgan fingerprint density at radius 2 is 2.00 bits per heavy atom. The Morgan fingerprint density at radius 3 is 2.76 bits per heavy atom. The number of aliphatic imine (C=N–C) groups is 1. The van der Waals surface area contributed by atoms with Crippen molar-refractivity contribution in [2.75, 3.05) is 45.3 Å². The number of nitrogens with one attached hydrogen (secondary N) is 2. The molecule has 184 valence electrons. The number of halogens is 2. The molecule has 2 aliphatic rings. The fraction of sp³-hybridized carbons (Fsp3) is 0.560. The second kappa shape index (κ2) is 12.5. The average molecular weight is 490 g/mol. The molecule has 4 rings (SSSR count). The van der Waals surface area contributed by atoms with E-state index in [4.69, 9.17) is 26.1 Å². The van der Waals surface area contributed by atoms with Crippen molar-refractivity contribution in [3.63, 3.8) is 0 Å². The van der Waals surface area contributed by atoms with E-state index in [1.165, 1.54) is 12.3 Å². The zero-order chi connectivity index (χ0) is 23.8. The van der Waals surface area contributed by atoms with Gasteiger partial charge in [0.05, 0.1) is 11.6 Å². The number of methoxy groups -OCH3 is 1. The van der Waals surface area contributed by atoms with Crippen LogP contribution in [0.4, 0.5) is 16.0 Å². The molecule has 1 saturated heterocycles. The maximum absolute atomic E-state index is 14.8. The number of hydrogen-bond donors (Lipinski definition) is 2. The first-order valence-electron chi connectivity index (χ1n) is 12.0. The summed E-state index contributed by atoms with van der Waals surface area (Å²) in [6.07, 6.45) is 7.43. The monoisotopic (exact) mass is 489 g/mol. The van der Waals surface area contributed by atoms with E-state index in [0.717, 1.165) is 70.5 Å². The summed E-state index contributed by atoms with van der Waals surface area (Å²) < 4.78 is 25.3. The van der Waals surface area contributed by atoms with Crippen molar-refractivity contribution in [3.05, 3.63) is 35.2 Å². The van der Waals surface area contributed by atoms with Gasteiger partial charge >= 0.3 is 0 Å². The van der Waals surface area contributed by atoms with Crippen molar-refractivity contribution in [2.24, 2.45) is 10.9 Å². The third-order valence-corrected chi connectivity index (χ3v) is 6.73. The molecule has 3 heterocycles. The standard InChI is InChI=1S/C25H33ClFN5O2/c1-33-13-10-28-18-2-4-19(5-3-18)31-24-14-20(21(26)16-30-24)25-22(27)6-7-23(32-25)29-15-17-8-11-34-12-9-17/h6-7,14,16-18,28H,2-5,8-13,15H2,1H3,(H,29,32). The Bertz CT molecular complexity index is 974. The number of pyridine rings is 2. The molecule has 2 N–H and O–H groups in total. The molecule has 1 aliphatic heterocycles. The fourth-order valence-corrected chi connectivity index (χ4v) is 4.59. The minimum absolute atomic E-state index is 0.205. The molecule has 9 heteroatoms. The van der Waals surface area contributed by atoms with E-state index in [-0.39, 0.29) is 5.69 Å². The van der Waals surface area contributed by atoms with Crippen molar-refractivity contribution in [3.8, 4) is 11.3 Å². The van der Waals surface area contributed by atoms with Gasteiger partial charge in [0.1, 0.15) is 17.3 Å². The Hall–Kier alpha value is -2.13. The highest BCUT2D eigenvalue weighted by atomic mass is 35.5.